The van der Waals surface area contributed by atoms with E-state index >= 15 is 0 Å². The Balaban J connectivity index is 1.92. The summed E-state index contributed by atoms with van der Waals surface area (Å²) in [6.07, 6.45) is 0. The molecule has 0 saturated heterocycles. The molecule has 0 aliphatic carbocycles. The number of benzene rings is 2. The van der Waals surface area contributed by atoms with Gasteiger partial charge in [0.1, 0.15) is 11.5 Å². The Morgan fingerprint density at radius 2 is 2.10 bits per heavy atom. The van der Waals surface area contributed by atoms with Crippen LogP contribution >= 0.6 is 22.9 Å². The van der Waals surface area contributed by atoms with E-state index in [4.69, 9.17) is 16.3 Å². The van der Waals surface area contributed by atoms with E-state index in [1.165, 1.54) is 18.2 Å². The first-order valence-electron chi connectivity index (χ1n) is 5.58. The topological polar surface area (TPSA) is 65.3 Å². The summed E-state index contributed by atoms with van der Waals surface area (Å²) in [5, 5.41) is 10.8. The zero-order valence-corrected chi connectivity index (χ0v) is 11.5. The predicted octanol–water partition coefficient (Wildman–Crippen LogP) is 4.65. The Morgan fingerprint density at radius 3 is 2.85 bits per heavy atom. The van der Waals surface area contributed by atoms with Gasteiger partial charge in [-0.15, -0.1) is 11.3 Å². The van der Waals surface area contributed by atoms with Gasteiger partial charge in [-0.3, -0.25) is 10.1 Å². The Labute approximate surface area is 122 Å². The molecule has 3 aromatic rings. The number of non-ortho nitro benzene ring substituents is 1. The Morgan fingerprint density at radius 1 is 1.25 bits per heavy atom. The molecule has 0 aliphatic rings. The van der Waals surface area contributed by atoms with Crippen LogP contribution in [0, 0.1) is 10.1 Å². The summed E-state index contributed by atoms with van der Waals surface area (Å²) < 4.78 is 6.69. The molecule has 1 heterocycles. The van der Waals surface area contributed by atoms with Gasteiger partial charge in [0, 0.05) is 18.2 Å². The molecule has 20 heavy (non-hydrogen) atoms. The lowest BCUT2D eigenvalue weighted by Gasteiger charge is -2.07. The van der Waals surface area contributed by atoms with E-state index in [1.807, 2.05) is 6.07 Å². The van der Waals surface area contributed by atoms with Gasteiger partial charge in [0.15, 0.2) is 0 Å². The summed E-state index contributed by atoms with van der Waals surface area (Å²) in [5.74, 6) is 0.950. The number of ether oxygens (including phenoxy) is 1. The van der Waals surface area contributed by atoms with Crippen molar-refractivity contribution < 1.29 is 9.66 Å². The molecule has 100 valence electrons. The molecule has 3 rings (SSSR count). The number of nitrogens with zero attached hydrogens (tertiary/aromatic N) is 2. The number of hydrogen-bond acceptors (Lipinski definition) is 5. The molecular weight excluding hydrogens is 300 g/mol. The van der Waals surface area contributed by atoms with E-state index in [1.54, 1.807) is 29.0 Å². The molecule has 0 N–H and O–H groups in total. The summed E-state index contributed by atoms with van der Waals surface area (Å²) in [4.78, 5) is 14.3. The minimum atomic E-state index is -0.503. The molecule has 0 saturated carbocycles. The van der Waals surface area contributed by atoms with Crippen LogP contribution in [0.1, 0.15) is 0 Å². The van der Waals surface area contributed by atoms with Gasteiger partial charge in [0.2, 0.25) is 0 Å². The highest BCUT2D eigenvalue weighted by molar-refractivity contribution is 7.16. The maximum atomic E-state index is 10.6. The SMILES string of the molecule is O=[N+]([O-])c1ccc(Oc2ccc3scnc3c2)c(Cl)c1. The smallest absolute Gasteiger partial charge is 0.271 e. The number of nitro groups is 1. The van der Waals surface area contributed by atoms with E-state index in [9.17, 15) is 10.1 Å². The number of halogens is 1. The largest absolute Gasteiger partial charge is 0.456 e. The zero-order valence-electron chi connectivity index (χ0n) is 9.95. The maximum absolute atomic E-state index is 10.6. The maximum Gasteiger partial charge on any atom is 0.271 e. The van der Waals surface area contributed by atoms with Gasteiger partial charge in [-0.1, -0.05) is 11.6 Å². The van der Waals surface area contributed by atoms with E-state index in [0.29, 0.717) is 11.5 Å². The summed E-state index contributed by atoms with van der Waals surface area (Å²) in [7, 11) is 0. The van der Waals surface area contributed by atoms with Crippen LogP contribution in [0.4, 0.5) is 5.69 Å². The zero-order chi connectivity index (χ0) is 14.1. The molecule has 0 bridgehead atoms. The Hall–Kier alpha value is -2.18. The highest BCUT2D eigenvalue weighted by Crippen LogP contribution is 2.33. The van der Waals surface area contributed by atoms with Gasteiger partial charge in [-0.25, -0.2) is 4.98 Å². The van der Waals surface area contributed by atoms with Gasteiger partial charge >= 0.3 is 0 Å². The molecule has 1 aromatic heterocycles. The van der Waals surface area contributed by atoms with Crippen LogP contribution in [0.25, 0.3) is 10.2 Å². The molecule has 0 aliphatic heterocycles. The van der Waals surface area contributed by atoms with Gasteiger partial charge in [0.25, 0.3) is 5.69 Å². The lowest BCUT2D eigenvalue weighted by Crippen LogP contribution is -1.90. The minimum absolute atomic E-state index is 0.0719. The third-order valence-electron chi connectivity index (χ3n) is 2.66. The van der Waals surface area contributed by atoms with Crippen LogP contribution in [-0.2, 0) is 0 Å². The molecule has 7 heteroatoms. The fourth-order valence-corrected chi connectivity index (χ4v) is 2.59. The van der Waals surface area contributed by atoms with Crippen LogP contribution < -0.4 is 4.74 Å². The number of fused-ring (bicyclic) bond motifs is 1. The second kappa shape index (κ2) is 5.07. The van der Waals surface area contributed by atoms with Crippen molar-refractivity contribution in [3.8, 4) is 11.5 Å². The lowest BCUT2D eigenvalue weighted by molar-refractivity contribution is -0.384. The van der Waals surface area contributed by atoms with Crippen LogP contribution in [0.2, 0.25) is 5.02 Å². The van der Waals surface area contributed by atoms with Crippen molar-refractivity contribution in [1.82, 2.24) is 4.98 Å². The Kier molecular flexibility index (Phi) is 3.25. The van der Waals surface area contributed by atoms with Gasteiger partial charge in [-0.05, 0) is 18.2 Å². The van der Waals surface area contributed by atoms with Crippen molar-refractivity contribution in [2.45, 2.75) is 0 Å². The quantitative estimate of drug-likeness (QED) is 0.522. The second-order valence-corrected chi connectivity index (χ2v) is 5.25. The number of nitro benzene ring substituents is 1. The number of rotatable bonds is 3. The average Bonchev–Trinajstić information content (AvgIpc) is 2.88. The van der Waals surface area contributed by atoms with Crippen LogP contribution in [0.15, 0.2) is 41.9 Å². The van der Waals surface area contributed by atoms with Crippen LogP contribution in [0.5, 0.6) is 11.5 Å². The third-order valence-corrected chi connectivity index (χ3v) is 3.76. The Bertz CT molecular complexity index is 803. The summed E-state index contributed by atoms with van der Waals surface area (Å²) in [5.41, 5.74) is 2.52. The second-order valence-electron chi connectivity index (χ2n) is 3.96. The molecule has 0 fully saturated rings. The monoisotopic (exact) mass is 306 g/mol. The van der Waals surface area contributed by atoms with Crippen LogP contribution in [-0.4, -0.2) is 9.91 Å². The van der Waals surface area contributed by atoms with E-state index in [0.717, 1.165) is 10.2 Å². The standard InChI is InChI=1S/C13H7ClN2O3S/c14-10-5-8(16(17)18)1-3-12(10)19-9-2-4-13-11(6-9)15-7-20-13/h1-7H. The first-order valence-corrected chi connectivity index (χ1v) is 6.84. The fourth-order valence-electron chi connectivity index (χ4n) is 1.71. The number of hydrogen-bond donors (Lipinski definition) is 0. The van der Waals surface area contributed by atoms with Crippen molar-refractivity contribution in [1.29, 1.82) is 0 Å². The average molecular weight is 307 g/mol. The van der Waals surface area contributed by atoms with Gasteiger partial charge < -0.3 is 4.74 Å². The molecule has 5 nitrogen and oxygen atoms in total. The van der Waals surface area contributed by atoms with Crippen molar-refractivity contribution >= 4 is 38.8 Å². The summed E-state index contributed by atoms with van der Waals surface area (Å²) in [6, 6.07) is 9.59. The van der Waals surface area contributed by atoms with Crippen molar-refractivity contribution in [2.75, 3.05) is 0 Å². The predicted molar refractivity (Wildman–Crippen MR) is 77.8 cm³/mol. The lowest BCUT2D eigenvalue weighted by atomic mass is 10.3. The molecular formula is C13H7ClN2O3S. The first-order chi connectivity index (χ1) is 9.63. The number of aromatic nitrogens is 1. The third kappa shape index (κ3) is 2.43. The van der Waals surface area contributed by atoms with E-state index in [-0.39, 0.29) is 10.7 Å². The van der Waals surface area contributed by atoms with Crippen molar-refractivity contribution in [3.05, 3.63) is 57.0 Å². The normalized spacial score (nSPS) is 10.7. The number of thiazole rings is 1. The van der Waals surface area contributed by atoms with Crippen LogP contribution in [0.3, 0.4) is 0 Å². The molecule has 0 atom stereocenters. The molecule has 0 radical (unpaired) electrons. The molecule has 0 spiro atoms. The highest BCUT2D eigenvalue weighted by Gasteiger charge is 2.11. The summed E-state index contributed by atoms with van der Waals surface area (Å²) >= 11 is 7.52. The van der Waals surface area contributed by atoms with Crippen molar-refractivity contribution in [3.63, 3.8) is 0 Å². The van der Waals surface area contributed by atoms with Crippen molar-refractivity contribution in [2.24, 2.45) is 0 Å². The molecule has 0 unspecified atom stereocenters. The van der Waals surface area contributed by atoms with Gasteiger partial charge in [-0.2, -0.15) is 0 Å². The van der Waals surface area contributed by atoms with Gasteiger partial charge in [0.05, 0.1) is 25.7 Å². The van der Waals surface area contributed by atoms with E-state index < -0.39 is 4.92 Å². The molecule has 2 aromatic carbocycles. The highest BCUT2D eigenvalue weighted by atomic mass is 35.5. The molecule has 0 amide bonds. The summed E-state index contributed by atoms with van der Waals surface area (Å²) in [6.45, 7) is 0. The first kappa shape index (κ1) is 12.8. The van der Waals surface area contributed by atoms with E-state index in [2.05, 4.69) is 4.98 Å². The fraction of sp³-hybridized carbons (Fsp3) is 0. The minimum Gasteiger partial charge on any atom is -0.456 e.